The summed E-state index contributed by atoms with van der Waals surface area (Å²) in [7, 11) is 0. The van der Waals surface area contributed by atoms with E-state index in [4.69, 9.17) is 11.6 Å². The first-order valence-corrected chi connectivity index (χ1v) is 4.54. The fourth-order valence-corrected chi connectivity index (χ4v) is 1.63. The van der Waals surface area contributed by atoms with Gasteiger partial charge in [0.15, 0.2) is 0 Å². The quantitative estimate of drug-likeness (QED) is 0.701. The zero-order chi connectivity index (χ0) is 8.39. The van der Waals surface area contributed by atoms with Gasteiger partial charge in [0.25, 0.3) is 0 Å². The van der Waals surface area contributed by atoms with Gasteiger partial charge in [-0.15, -0.1) is 0 Å². The Morgan fingerprint density at radius 2 is 2.25 bits per heavy atom. The summed E-state index contributed by atoms with van der Waals surface area (Å²) in [5, 5.41) is 1.63. The van der Waals surface area contributed by atoms with E-state index in [1.54, 1.807) is 6.33 Å². The minimum Gasteiger partial charge on any atom is -0.223 e. The molecule has 0 amide bonds. The lowest BCUT2D eigenvalue weighted by Gasteiger charge is -1.94. The summed E-state index contributed by atoms with van der Waals surface area (Å²) in [6, 6.07) is 7.58. The lowest BCUT2D eigenvalue weighted by Crippen LogP contribution is -1.73. The molecule has 2 nitrogen and oxygen atoms in total. The smallest absolute Gasteiger partial charge is 0.143 e. The summed E-state index contributed by atoms with van der Waals surface area (Å²) in [6.45, 7) is 0. The SMILES string of the molecule is Clc1cccc(-c2ncns2)c1. The molecule has 1 aromatic carbocycles. The first-order chi connectivity index (χ1) is 5.86. The van der Waals surface area contributed by atoms with Crippen molar-refractivity contribution in [2.45, 2.75) is 0 Å². The van der Waals surface area contributed by atoms with Gasteiger partial charge in [-0.2, -0.15) is 4.37 Å². The molecule has 0 aliphatic rings. The molecule has 0 saturated heterocycles. The largest absolute Gasteiger partial charge is 0.223 e. The third-order valence-corrected chi connectivity index (χ3v) is 2.38. The van der Waals surface area contributed by atoms with Crippen LogP contribution in [0.4, 0.5) is 0 Å². The molecule has 4 heteroatoms. The van der Waals surface area contributed by atoms with Crippen LogP contribution in [-0.4, -0.2) is 9.36 Å². The standard InChI is InChI=1S/C8H5ClN2S/c9-7-3-1-2-6(4-7)8-10-5-11-12-8/h1-5H. The molecule has 60 valence electrons. The van der Waals surface area contributed by atoms with Gasteiger partial charge in [0, 0.05) is 10.6 Å². The topological polar surface area (TPSA) is 25.8 Å². The highest BCUT2D eigenvalue weighted by atomic mass is 35.5. The monoisotopic (exact) mass is 196 g/mol. The molecule has 0 aliphatic heterocycles. The van der Waals surface area contributed by atoms with Crippen molar-refractivity contribution in [2.24, 2.45) is 0 Å². The molecule has 0 radical (unpaired) electrons. The molecule has 0 aliphatic carbocycles. The van der Waals surface area contributed by atoms with Gasteiger partial charge in [-0.25, -0.2) is 4.98 Å². The van der Waals surface area contributed by atoms with E-state index in [1.807, 2.05) is 24.3 Å². The van der Waals surface area contributed by atoms with Crippen LogP contribution in [0.3, 0.4) is 0 Å². The number of aromatic nitrogens is 2. The Kier molecular flexibility index (Phi) is 2.06. The summed E-state index contributed by atoms with van der Waals surface area (Å²) in [6.07, 6.45) is 1.54. The van der Waals surface area contributed by atoms with Crippen LogP contribution in [0.25, 0.3) is 10.6 Å². The summed E-state index contributed by atoms with van der Waals surface area (Å²) in [4.78, 5) is 4.08. The Hall–Kier alpha value is -0.930. The molecular weight excluding hydrogens is 192 g/mol. The van der Waals surface area contributed by atoms with Crippen LogP contribution in [0.15, 0.2) is 30.6 Å². The van der Waals surface area contributed by atoms with Crippen LogP contribution < -0.4 is 0 Å². The minimum absolute atomic E-state index is 0.725. The van der Waals surface area contributed by atoms with Crippen molar-refractivity contribution in [2.75, 3.05) is 0 Å². The summed E-state index contributed by atoms with van der Waals surface area (Å²) >= 11 is 7.18. The lowest BCUT2D eigenvalue weighted by atomic mass is 10.2. The Bertz CT molecular complexity index is 372. The summed E-state index contributed by atoms with van der Waals surface area (Å²) < 4.78 is 3.92. The van der Waals surface area contributed by atoms with Crippen LogP contribution in [-0.2, 0) is 0 Å². The number of hydrogen-bond acceptors (Lipinski definition) is 3. The molecule has 2 aromatic rings. The van der Waals surface area contributed by atoms with Crippen molar-refractivity contribution in [3.05, 3.63) is 35.6 Å². The maximum atomic E-state index is 5.82. The molecule has 0 atom stereocenters. The van der Waals surface area contributed by atoms with E-state index in [9.17, 15) is 0 Å². The van der Waals surface area contributed by atoms with E-state index >= 15 is 0 Å². The molecule has 1 heterocycles. The number of nitrogens with zero attached hydrogens (tertiary/aromatic N) is 2. The fraction of sp³-hybridized carbons (Fsp3) is 0. The zero-order valence-corrected chi connectivity index (χ0v) is 7.64. The van der Waals surface area contributed by atoms with E-state index < -0.39 is 0 Å². The Balaban J connectivity index is 2.48. The number of hydrogen-bond donors (Lipinski definition) is 0. The van der Waals surface area contributed by atoms with Gasteiger partial charge in [-0.05, 0) is 23.7 Å². The maximum absolute atomic E-state index is 5.82. The van der Waals surface area contributed by atoms with Gasteiger partial charge in [-0.3, -0.25) is 0 Å². The molecule has 1 aromatic heterocycles. The molecule has 0 bridgehead atoms. The van der Waals surface area contributed by atoms with E-state index in [1.165, 1.54) is 11.5 Å². The molecular formula is C8H5ClN2S. The Morgan fingerprint density at radius 1 is 1.33 bits per heavy atom. The van der Waals surface area contributed by atoms with Crippen molar-refractivity contribution in [1.82, 2.24) is 9.36 Å². The number of rotatable bonds is 1. The molecule has 12 heavy (non-hydrogen) atoms. The Morgan fingerprint density at radius 3 is 2.92 bits per heavy atom. The van der Waals surface area contributed by atoms with Crippen molar-refractivity contribution >= 4 is 23.1 Å². The Labute approximate surface area is 79.0 Å². The van der Waals surface area contributed by atoms with Crippen LogP contribution in [0.2, 0.25) is 5.02 Å². The molecule has 0 N–H and O–H groups in total. The van der Waals surface area contributed by atoms with Gasteiger partial charge in [0.1, 0.15) is 11.3 Å². The normalized spacial score (nSPS) is 10.1. The average molecular weight is 197 g/mol. The van der Waals surface area contributed by atoms with Gasteiger partial charge >= 0.3 is 0 Å². The molecule has 0 spiro atoms. The predicted octanol–water partition coefficient (Wildman–Crippen LogP) is 2.86. The van der Waals surface area contributed by atoms with Crippen molar-refractivity contribution in [3.63, 3.8) is 0 Å². The first kappa shape index (κ1) is 7.71. The molecule has 2 rings (SSSR count). The fourth-order valence-electron chi connectivity index (χ4n) is 0.922. The van der Waals surface area contributed by atoms with Gasteiger partial charge < -0.3 is 0 Å². The number of halogens is 1. The van der Waals surface area contributed by atoms with E-state index in [2.05, 4.69) is 9.36 Å². The van der Waals surface area contributed by atoms with Crippen LogP contribution >= 0.6 is 23.1 Å². The summed E-state index contributed by atoms with van der Waals surface area (Å²) in [5.41, 5.74) is 1.02. The van der Waals surface area contributed by atoms with E-state index in [-0.39, 0.29) is 0 Å². The maximum Gasteiger partial charge on any atom is 0.143 e. The van der Waals surface area contributed by atoms with Crippen molar-refractivity contribution in [1.29, 1.82) is 0 Å². The first-order valence-electron chi connectivity index (χ1n) is 3.39. The predicted molar refractivity (Wildman–Crippen MR) is 50.4 cm³/mol. The lowest BCUT2D eigenvalue weighted by molar-refractivity contribution is 1.33. The second-order valence-corrected chi connectivity index (χ2v) is 3.47. The van der Waals surface area contributed by atoms with Crippen molar-refractivity contribution in [3.8, 4) is 10.6 Å². The van der Waals surface area contributed by atoms with Crippen LogP contribution in [0, 0.1) is 0 Å². The molecule has 0 saturated carbocycles. The third kappa shape index (κ3) is 1.47. The van der Waals surface area contributed by atoms with Gasteiger partial charge in [0.2, 0.25) is 0 Å². The highest BCUT2D eigenvalue weighted by molar-refractivity contribution is 7.09. The zero-order valence-electron chi connectivity index (χ0n) is 6.07. The van der Waals surface area contributed by atoms with Gasteiger partial charge in [0.05, 0.1) is 0 Å². The highest BCUT2D eigenvalue weighted by Crippen LogP contribution is 2.22. The second-order valence-electron chi connectivity index (χ2n) is 2.26. The average Bonchev–Trinajstić information content (AvgIpc) is 2.56. The van der Waals surface area contributed by atoms with Gasteiger partial charge in [-0.1, -0.05) is 23.7 Å². The van der Waals surface area contributed by atoms with Crippen LogP contribution in [0.1, 0.15) is 0 Å². The summed E-state index contributed by atoms with van der Waals surface area (Å²) in [5.74, 6) is 0. The third-order valence-electron chi connectivity index (χ3n) is 1.43. The highest BCUT2D eigenvalue weighted by Gasteiger charge is 2.00. The number of benzene rings is 1. The van der Waals surface area contributed by atoms with Crippen molar-refractivity contribution < 1.29 is 0 Å². The van der Waals surface area contributed by atoms with E-state index in [0.29, 0.717) is 0 Å². The molecule has 0 unspecified atom stereocenters. The molecule has 0 fully saturated rings. The van der Waals surface area contributed by atoms with Crippen LogP contribution in [0.5, 0.6) is 0 Å². The van der Waals surface area contributed by atoms with E-state index in [0.717, 1.165) is 15.6 Å². The minimum atomic E-state index is 0.725. The second kappa shape index (κ2) is 3.21.